The van der Waals surface area contributed by atoms with E-state index in [1.54, 1.807) is 0 Å². The van der Waals surface area contributed by atoms with Crippen molar-refractivity contribution in [1.82, 2.24) is 9.29 Å². The Morgan fingerprint density at radius 1 is 0.971 bits per heavy atom. The molecule has 1 aliphatic rings. The predicted molar refractivity (Wildman–Crippen MR) is 129 cm³/mol. The molecule has 5 rings (SSSR count). The smallest absolute Gasteiger partial charge is 0.406 e. The van der Waals surface area contributed by atoms with E-state index in [1.807, 2.05) is 36.4 Å². The quantitative estimate of drug-likeness (QED) is 0.382. The van der Waals surface area contributed by atoms with E-state index in [2.05, 4.69) is 30.5 Å². The molecule has 0 radical (unpaired) electrons. The lowest BCUT2D eigenvalue weighted by molar-refractivity contribution is -0.274. The lowest BCUT2D eigenvalue weighted by Crippen LogP contribution is -2.41. The van der Waals surface area contributed by atoms with Crippen LogP contribution in [0.1, 0.15) is 18.9 Å². The summed E-state index contributed by atoms with van der Waals surface area (Å²) in [4.78, 5) is 0.210. The van der Waals surface area contributed by atoms with Crippen LogP contribution in [0.15, 0.2) is 82.1 Å². The molecule has 1 saturated carbocycles. The molecule has 1 aliphatic carbocycles. The Morgan fingerprint density at radius 3 is 2.09 bits per heavy atom. The van der Waals surface area contributed by atoms with Gasteiger partial charge in [-0.1, -0.05) is 36.4 Å². The highest BCUT2D eigenvalue weighted by atomic mass is 32.2. The van der Waals surface area contributed by atoms with Gasteiger partial charge in [-0.2, -0.15) is 0 Å². The Kier molecular flexibility index (Phi) is 5.98. The number of ether oxygens (including phenoxy) is 1. The Morgan fingerprint density at radius 2 is 1.54 bits per heavy atom. The summed E-state index contributed by atoms with van der Waals surface area (Å²) in [5, 5.41) is 13.5. The first-order chi connectivity index (χ1) is 16.7. The second kappa shape index (κ2) is 8.85. The van der Waals surface area contributed by atoms with Crippen LogP contribution in [0.3, 0.4) is 0 Å². The van der Waals surface area contributed by atoms with Crippen LogP contribution in [0, 0.1) is 0 Å². The van der Waals surface area contributed by atoms with Crippen LogP contribution in [0.25, 0.3) is 21.8 Å². The van der Waals surface area contributed by atoms with Gasteiger partial charge in [-0.25, -0.2) is 13.3 Å². The largest absolute Gasteiger partial charge is 0.573 e. The van der Waals surface area contributed by atoms with Crippen molar-refractivity contribution < 1.29 is 27.2 Å². The normalized spacial score (nSPS) is 22.4. The molecule has 0 bridgehead atoms. The van der Waals surface area contributed by atoms with Gasteiger partial charge in [0.25, 0.3) is 0 Å². The van der Waals surface area contributed by atoms with Gasteiger partial charge in [0.05, 0.1) is 17.0 Å². The van der Waals surface area contributed by atoms with Crippen LogP contribution in [-0.4, -0.2) is 39.4 Å². The summed E-state index contributed by atoms with van der Waals surface area (Å²) in [5.41, 5.74) is 2.03. The Bertz CT molecular complexity index is 1440. The number of aliphatic hydroxyl groups excluding tert-OH is 1. The number of halogens is 3. The molecular weight excluding hydrogens is 479 g/mol. The maximum atomic E-state index is 13.6. The van der Waals surface area contributed by atoms with Crippen molar-refractivity contribution in [3.8, 4) is 5.75 Å². The van der Waals surface area contributed by atoms with E-state index in [1.165, 1.54) is 19.2 Å². The lowest BCUT2D eigenvalue weighted by atomic mass is 10.1. The van der Waals surface area contributed by atoms with Gasteiger partial charge in [0.15, 0.2) is 0 Å². The summed E-state index contributed by atoms with van der Waals surface area (Å²) in [6.45, 7) is 0. The van der Waals surface area contributed by atoms with Crippen LogP contribution in [0.5, 0.6) is 5.75 Å². The van der Waals surface area contributed by atoms with E-state index < -0.39 is 34.2 Å². The van der Waals surface area contributed by atoms with Crippen molar-refractivity contribution in [1.29, 1.82) is 0 Å². The molecule has 3 aromatic carbocycles. The summed E-state index contributed by atoms with van der Waals surface area (Å²) in [7, 11) is -1.81. The monoisotopic (exact) mass is 503 g/mol. The number of benzene rings is 3. The van der Waals surface area contributed by atoms with Crippen LogP contribution in [-0.2, 0) is 9.92 Å². The minimum Gasteiger partial charge on any atom is -0.406 e. The van der Waals surface area contributed by atoms with Gasteiger partial charge in [0.1, 0.15) is 15.7 Å². The molecule has 0 saturated heterocycles. The molecule has 4 atom stereocenters. The zero-order valence-corrected chi connectivity index (χ0v) is 19.6. The number of nitrogens with one attached hydrogen (secondary N) is 1. The van der Waals surface area contributed by atoms with Crippen LogP contribution >= 0.6 is 0 Å². The van der Waals surface area contributed by atoms with Gasteiger partial charge in [0.2, 0.25) is 0 Å². The summed E-state index contributed by atoms with van der Waals surface area (Å²) in [6.07, 6.45) is -4.47. The first-order valence-corrected chi connectivity index (χ1v) is 12.7. The molecule has 35 heavy (non-hydrogen) atoms. The van der Waals surface area contributed by atoms with Gasteiger partial charge in [-0.15, -0.1) is 13.2 Å². The van der Waals surface area contributed by atoms with Crippen molar-refractivity contribution in [2.75, 3.05) is 7.05 Å². The van der Waals surface area contributed by atoms with E-state index in [9.17, 15) is 22.5 Å². The van der Waals surface area contributed by atoms with Crippen molar-refractivity contribution >= 4 is 31.7 Å². The zero-order valence-electron chi connectivity index (χ0n) is 18.8. The standard InChI is InChI=1S/C25H24F3N3O3S/c1-29-35(33,17-12-10-16(11-13-17)34-25(26,27)28)30-20-14-15-23(24(20)32)31-21-8-4-2-6-18(21)19-7-3-5-9-22(19)31/h2-13,20,23-24,32H,14-15H2,1H3,(H,29,30,33). The van der Waals surface area contributed by atoms with E-state index in [-0.39, 0.29) is 10.9 Å². The number of fused-ring (bicyclic) bond motifs is 3. The second-order valence-corrected chi connectivity index (χ2v) is 10.6. The number of rotatable bonds is 5. The van der Waals surface area contributed by atoms with E-state index >= 15 is 0 Å². The number of nitrogens with zero attached hydrogens (tertiary/aromatic N) is 2. The minimum absolute atomic E-state index is 0.210. The first-order valence-electron chi connectivity index (χ1n) is 11.1. The highest BCUT2D eigenvalue weighted by Crippen LogP contribution is 2.39. The molecule has 0 amide bonds. The maximum Gasteiger partial charge on any atom is 0.573 e. The van der Waals surface area contributed by atoms with Crippen molar-refractivity contribution in [2.24, 2.45) is 4.36 Å². The zero-order chi connectivity index (χ0) is 24.8. The van der Waals surface area contributed by atoms with Gasteiger partial charge < -0.3 is 14.4 Å². The predicted octanol–water partition coefficient (Wildman–Crippen LogP) is 5.42. The molecular formula is C25H24F3N3O3S. The fourth-order valence-corrected chi connectivity index (χ4v) is 6.56. The highest BCUT2D eigenvalue weighted by molar-refractivity contribution is 7.91. The maximum absolute atomic E-state index is 13.6. The van der Waals surface area contributed by atoms with Crippen LogP contribution in [0.4, 0.5) is 13.2 Å². The molecule has 1 heterocycles. The SMILES string of the molecule is CN=S(=O)(NC1CCC(n2c3ccccc3c3ccccc32)C1O)c1ccc(OC(F)(F)F)cc1. The van der Waals surface area contributed by atoms with Gasteiger partial charge in [0, 0.05) is 34.9 Å². The molecule has 6 nitrogen and oxygen atoms in total. The average Bonchev–Trinajstić information content (AvgIpc) is 3.35. The molecule has 184 valence electrons. The molecule has 10 heteroatoms. The van der Waals surface area contributed by atoms with Gasteiger partial charge in [-0.05, 0) is 49.2 Å². The average molecular weight is 504 g/mol. The number of hydrogen-bond donors (Lipinski definition) is 2. The Hall–Kier alpha value is -3.08. The first kappa shape index (κ1) is 23.7. The van der Waals surface area contributed by atoms with Crippen molar-refractivity contribution in [3.05, 3.63) is 72.8 Å². The number of aliphatic hydroxyl groups is 1. The van der Waals surface area contributed by atoms with E-state index in [0.29, 0.717) is 12.8 Å². The molecule has 0 aliphatic heterocycles. The number of hydrogen-bond acceptors (Lipinski definition) is 4. The molecule has 1 fully saturated rings. The third-order valence-electron chi connectivity index (χ3n) is 6.47. The molecule has 4 aromatic rings. The van der Waals surface area contributed by atoms with Crippen molar-refractivity contribution in [3.63, 3.8) is 0 Å². The molecule has 1 aromatic heterocycles. The van der Waals surface area contributed by atoms with Crippen LogP contribution in [0.2, 0.25) is 0 Å². The highest BCUT2D eigenvalue weighted by Gasteiger charge is 2.39. The topological polar surface area (TPSA) is 75.9 Å². The summed E-state index contributed by atoms with van der Waals surface area (Å²) >= 11 is 0. The second-order valence-electron chi connectivity index (χ2n) is 8.49. The minimum atomic E-state index is -4.81. The number of aromatic nitrogens is 1. The Balaban J connectivity index is 1.43. The summed E-state index contributed by atoms with van der Waals surface area (Å²) in [6, 6.07) is 20.0. The number of alkyl halides is 3. The third kappa shape index (κ3) is 4.37. The fraction of sp³-hybridized carbons (Fsp3) is 0.280. The summed E-state index contributed by atoms with van der Waals surface area (Å²) < 4.78 is 64.1. The molecule has 0 spiro atoms. The van der Waals surface area contributed by atoms with E-state index in [0.717, 1.165) is 33.9 Å². The lowest BCUT2D eigenvalue weighted by Gasteiger charge is -2.24. The third-order valence-corrected chi connectivity index (χ3v) is 8.52. The van der Waals surface area contributed by atoms with E-state index in [4.69, 9.17) is 0 Å². The molecule has 2 N–H and O–H groups in total. The fourth-order valence-electron chi connectivity index (χ4n) is 4.94. The van der Waals surface area contributed by atoms with Gasteiger partial charge in [-0.3, -0.25) is 0 Å². The number of para-hydroxylation sites is 2. The Labute approximate surface area is 200 Å². The molecule has 4 unspecified atom stereocenters. The summed E-state index contributed by atoms with van der Waals surface area (Å²) in [5.74, 6) is -0.411. The van der Waals surface area contributed by atoms with Crippen LogP contribution < -0.4 is 9.46 Å². The van der Waals surface area contributed by atoms with Gasteiger partial charge >= 0.3 is 6.36 Å². The van der Waals surface area contributed by atoms with Crippen molar-refractivity contribution in [2.45, 2.75) is 42.3 Å².